The Morgan fingerprint density at radius 2 is 2.05 bits per heavy atom. The third-order valence-corrected chi connectivity index (χ3v) is 3.09. The number of anilines is 1. The topological polar surface area (TPSA) is 80.5 Å². The number of nitrogens with zero attached hydrogens (tertiary/aromatic N) is 4. The number of para-hydroxylation sites is 2. The van der Waals surface area contributed by atoms with Gasteiger partial charge in [0.2, 0.25) is 0 Å². The summed E-state index contributed by atoms with van der Waals surface area (Å²) in [6.07, 6.45) is 0.183. The molecule has 98 valence electrons. The molecule has 0 aliphatic carbocycles. The number of aromatic nitrogens is 3. The molecule has 3 aromatic rings. The first-order valence-electron chi connectivity index (χ1n) is 5.96. The van der Waals surface area contributed by atoms with Crippen molar-refractivity contribution in [3.8, 4) is 11.9 Å². The van der Waals surface area contributed by atoms with Gasteiger partial charge in [-0.1, -0.05) is 23.7 Å². The van der Waals surface area contributed by atoms with E-state index in [1.165, 1.54) is 0 Å². The van der Waals surface area contributed by atoms with Crippen molar-refractivity contribution in [3.05, 3.63) is 47.4 Å². The number of nitriles is 1. The largest absolute Gasteiger partial charge is 0.399 e. The van der Waals surface area contributed by atoms with E-state index in [2.05, 4.69) is 16.0 Å². The average Bonchev–Trinajstić information content (AvgIpc) is 2.76. The second-order valence-electron chi connectivity index (χ2n) is 4.27. The van der Waals surface area contributed by atoms with Crippen molar-refractivity contribution in [2.45, 2.75) is 6.42 Å². The molecule has 20 heavy (non-hydrogen) atoms. The maximum Gasteiger partial charge on any atom is 0.142 e. The van der Waals surface area contributed by atoms with Gasteiger partial charge in [0, 0.05) is 11.8 Å². The summed E-state index contributed by atoms with van der Waals surface area (Å²) >= 11 is 5.96. The number of benzene rings is 1. The summed E-state index contributed by atoms with van der Waals surface area (Å²) in [5.41, 5.74) is 8.00. The van der Waals surface area contributed by atoms with Gasteiger partial charge in [0.05, 0.1) is 23.5 Å². The van der Waals surface area contributed by atoms with Crippen molar-refractivity contribution in [1.29, 1.82) is 5.26 Å². The first kappa shape index (κ1) is 12.5. The number of pyridine rings is 1. The third-order valence-electron chi connectivity index (χ3n) is 2.90. The van der Waals surface area contributed by atoms with Crippen molar-refractivity contribution in [3.63, 3.8) is 0 Å². The van der Waals surface area contributed by atoms with Crippen LogP contribution in [0.4, 0.5) is 5.69 Å². The van der Waals surface area contributed by atoms with E-state index in [-0.39, 0.29) is 6.42 Å². The molecule has 0 radical (unpaired) electrons. The van der Waals surface area contributed by atoms with Gasteiger partial charge in [-0.05, 0) is 18.2 Å². The molecule has 2 aromatic heterocycles. The molecule has 2 N–H and O–H groups in total. The number of nitrogens with two attached hydrogens (primary N) is 1. The van der Waals surface area contributed by atoms with Crippen molar-refractivity contribution in [2.75, 3.05) is 5.73 Å². The lowest BCUT2D eigenvalue weighted by atomic mass is 10.3. The lowest BCUT2D eigenvalue weighted by molar-refractivity contribution is 0.923. The summed E-state index contributed by atoms with van der Waals surface area (Å²) in [5.74, 6) is 1.18. The molecule has 0 aliphatic heterocycles. The first-order valence-corrected chi connectivity index (χ1v) is 6.33. The molecule has 0 saturated carbocycles. The molecule has 0 bridgehead atoms. The van der Waals surface area contributed by atoms with Crippen LogP contribution >= 0.6 is 11.6 Å². The Morgan fingerprint density at radius 3 is 2.80 bits per heavy atom. The van der Waals surface area contributed by atoms with Gasteiger partial charge in [0.25, 0.3) is 0 Å². The predicted octanol–water partition coefficient (Wildman–Crippen LogP) is 2.72. The molecule has 3 rings (SSSR count). The van der Waals surface area contributed by atoms with Crippen molar-refractivity contribution < 1.29 is 0 Å². The van der Waals surface area contributed by atoms with Crippen LogP contribution < -0.4 is 5.73 Å². The van der Waals surface area contributed by atoms with E-state index in [1.807, 2.05) is 24.3 Å². The number of hydrogen-bond acceptors (Lipinski definition) is 4. The van der Waals surface area contributed by atoms with Crippen molar-refractivity contribution in [1.82, 2.24) is 14.5 Å². The summed E-state index contributed by atoms with van der Waals surface area (Å²) in [5, 5.41) is 9.26. The van der Waals surface area contributed by atoms with Gasteiger partial charge in [-0.15, -0.1) is 0 Å². The lowest BCUT2D eigenvalue weighted by Crippen LogP contribution is -2.04. The second kappa shape index (κ2) is 4.83. The standard InChI is InChI=1S/C14H10ClN5/c15-12-7-9(17)8-14(19-12)20-11-4-2-1-3-10(11)18-13(20)5-6-16/h1-4,7-8H,5H2,(H2,17,19). The van der Waals surface area contributed by atoms with E-state index < -0.39 is 0 Å². The number of rotatable bonds is 2. The SMILES string of the molecule is N#CCc1nc2ccccc2n1-c1cc(N)cc(Cl)n1. The Bertz CT molecular complexity index is 811. The van der Waals surface area contributed by atoms with Crippen LogP contribution in [0.25, 0.3) is 16.9 Å². The molecule has 0 saturated heterocycles. The summed E-state index contributed by atoms with van der Waals surface area (Å²) in [7, 11) is 0. The van der Waals surface area contributed by atoms with Crippen molar-refractivity contribution in [2.24, 2.45) is 0 Å². The summed E-state index contributed by atoms with van der Waals surface area (Å²) in [4.78, 5) is 8.72. The van der Waals surface area contributed by atoms with Crippen LogP contribution in [0.5, 0.6) is 0 Å². The van der Waals surface area contributed by atoms with Gasteiger partial charge in [0.1, 0.15) is 16.8 Å². The van der Waals surface area contributed by atoms with Crippen LogP contribution in [0.15, 0.2) is 36.4 Å². The number of hydrogen-bond donors (Lipinski definition) is 1. The lowest BCUT2D eigenvalue weighted by Gasteiger charge is -2.08. The second-order valence-corrected chi connectivity index (χ2v) is 4.66. The number of nitrogen functional groups attached to an aromatic ring is 1. The summed E-state index contributed by atoms with van der Waals surface area (Å²) < 4.78 is 1.81. The number of imidazole rings is 1. The van der Waals surface area contributed by atoms with Crippen LogP contribution in [-0.2, 0) is 6.42 Å². The molecule has 2 heterocycles. The molecule has 6 heteroatoms. The van der Waals surface area contributed by atoms with E-state index in [9.17, 15) is 0 Å². The van der Waals surface area contributed by atoms with Gasteiger partial charge in [-0.2, -0.15) is 5.26 Å². The zero-order valence-electron chi connectivity index (χ0n) is 10.4. The predicted molar refractivity (Wildman–Crippen MR) is 77.6 cm³/mol. The highest BCUT2D eigenvalue weighted by atomic mass is 35.5. The third kappa shape index (κ3) is 2.06. The molecule has 0 fully saturated rings. The van der Waals surface area contributed by atoms with Gasteiger partial charge >= 0.3 is 0 Å². The molecule has 0 unspecified atom stereocenters. The maximum absolute atomic E-state index is 8.95. The van der Waals surface area contributed by atoms with Crippen LogP contribution in [0.1, 0.15) is 5.82 Å². The van der Waals surface area contributed by atoms with Crippen LogP contribution in [0, 0.1) is 11.3 Å². The smallest absolute Gasteiger partial charge is 0.142 e. The first-order chi connectivity index (χ1) is 9.69. The molecular weight excluding hydrogens is 274 g/mol. The molecule has 0 aliphatic rings. The van der Waals surface area contributed by atoms with E-state index >= 15 is 0 Å². The normalized spacial score (nSPS) is 10.6. The molecule has 5 nitrogen and oxygen atoms in total. The van der Waals surface area contributed by atoms with Gasteiger partial charge in [0.15, 0.2) is 0 Å². The maximum atomic E-state index is 8.95. The zero-order valence-corrected chi connectivity index (χ0v) is 11.2. The Labute approximate surface area is 120 Å². The summed E-state index contributed by atoms with van der Waals surface area (Å²) in [6.45, 7) is 0. The Morgan fingerprint density at radius 1 is 1.25 bits per heavy atom. The number of halogens is 1. The monoisotopic (exact) mass is 283 g/mol. The van der Waals surface area contributed by atoms with Gasteiger partial charge in [-0.3, -0.25) is 4.57 Å². The number of fused-ring (bicyclic) bond motifs is 1. The Balaban J connectivity index is 2.33. The van der Waals surface area contributed by atoms with Crippen molar-refractivity contribution >= 4 is 28.3 Å². The summed E-state index contributed by atoms with van der Waals surface area (Å²) in [6, 6.07) is 13.0. The quantitative estimate of drug-likeness (QED) is 0.733. The Hall–Kier alpha value is -2.58. The fourth-order valence-corrected chi connectivity index (χ4v) is 2.35. The van der Waals surface area contributed by atoms with Crippen LogP contribution in [0.2, 0.25) is 5.15 Å². The Kier molecular flexibility index (Phi) is 3.01. The molecule has 0 amide bonds. The van der Waals surface area contributed by atoms with Crippen LogP contribution in [-0.4, -0.2) is 14.5 Å². The highest BCUT2D eigenvalue weighted by Crippen LogP contribution is 2.23. The minimum absolute atomic E-state index is 0.183. The zero-order chi connectivity index (χ0) is 14.1. The van der Waals surface area contributed by atoms with Crippen LogP contribution in [0.3, 0.4) is 0 Å². The van der Waals surface area contributed by atoms with Gasteiger partial charge < -0.3 is 5.73 Å². The highest BCUT2D eigenvalue weighted by molar-refractivity contribution is 6.29. The molecule has 0 atom stereocenters. The minimum Gasteiger partial charge on any atom is -0.399 e. The van der Waals surface area contributed by atoms with E-state index in [0.29, 0.717) is 22.5 Å². The fourth-order valence-electron chi connectivity index (χ4n) is 2.14. The minimum atomic E-state index is 0.183. The van der Waals surface area contributed by atoms with E-state index in [0.717, 1.165) is 11.0 Å². The average molecular weight is 284 g/mol. The fraction of sp³-hybridized carbons (Fsp3) is 0.0714. The molecule has 0 spiro atoms. The van der Waals surface area contributed by atoms with E-state index in [4.69, 9.17) is 22.6 Å². The van der Waals surface area contributed by atoms with E-state index in [1.54, 1.807) is 16.7 Å². The highest BCUT2D eigenvalue weighted by Gasteiger charge is 2.13. The molecular formula is C14H10ClN5. The molecule has 1 aromatic carbocycles. The van der Waals surface area contributed by atoms with Gasteiger partial charge in [-0.25, -0.2) is 9.97 Å².